The van der Waals surface area contributed by atoms with Gasteiger partial charge in [0, 0.05) is 6.42 Å². The topological polar surface area (TPSA) is 49.3 Å². The van der Waals surface area contributed by atoms with E-state index in [4.69, 9.17) is 5.11 Å². The van der Waals surface area contributed by atoms with Crippen LogP contribution in [0.3, 0.4) is 0 Å². The smallest absolute Gasteiger partial charge is 0.123 e. The summed E-state index contributed by atoms with van der Waals surface area (Å²) < 4.78 is 0. The maximum Gasteiger partial charge on any atom is 0.123 e. The van der Waals surface area contributed by atoms with Gasteiger partial charge < -0.3 is 9.90 Å². The Morgan fingerprint density at radius 3 is 2.71 bits per heavy atom. The monoisotopic (exact) mass is 103 g/mol. The van der Waals surface area contributed by atoms with Crippen molar-refractivity contribution in [1.82, 2.24) is 5.32 Å². The van der Waals surface area contributed by atoms with Gasteiger partial charge in [-0.05, 0) is 7.05 Å². The number of nitrogens with one attached hydrogen (secondary N) is 1. The first kappa shape index (κ1) is 6.59. The zero-order valence-electron chi connectivity index (χ0n) is 4.22. The third-order valence-electron chi connectivity index (χ3n) is 0.653. The van der Waals surface area contributed by atoms with Crippen LogP contribution in [0.5, 0.6) is 0 Å². The highest BCUT2D eigenvalue weighted by molar-refractivity contribution is 5.49. The van der Waals surface area contributed by atoms with E-state index in [2.05, 4.69) is 5.32 Å². The molecule has 1 atom stereocenters. The van der Waals surface area contributed by atoms with Crippen LogP contribution in [0.15, 0.2) is 0 Å². The quantitative estimate of drug-likeness (QED) is 0.360. The molecule has 0 bridgehead atoms. The minimum absolute atomic E-state index is 0.163. The zero-order chi connectivity index (χ0) is 5.70. The lowest BCUT2D eigenvalue weighted by molar-refractivity contribution is -0.109. The molecule has 0 heterocycles. The van der Waals surface area contributed by atoms with Crippen molar-refractivity contribution in [1.29, 1.82) is 0 Å². The third kappa shape index (κ3) is 3.42. The second-order valence-electron chi connectivity index (χ2n) is 1.21. The van der Waals surface area contributed by atoms with Crippen LogP contribution in [-0.4, -0.2) is 24.7 Å². The molecule has 0 aliphatic carbocycles. The van der Waals surface area contributed by atoms with E-state index in [1.807, 2.05) is 0 Å². The van der Waals surface area contributed by atoms with Gasteiger partial charge in [0.15, 0.2) is 0 Å². The zero-order valence-corrected chi connectivity index (χ0v) is 4.22. The Hall–Kier alpha value is -0.410. The lowest BCUT2D eigenvalue weighted by Gasteiger charge is -2.00. The second-order valence-corrected chi connectivity index (χ2v) is 1.21. The normalized spacial score (nSPS) is 13.4. The molecule has 0 saturated carbocycles. The summed E-state index contributed by atoms with van der Waals surface area (Å²) in [6, 6.07) is 0. The molecule has 7 heavy (non-hydrogen) atoms. The van der Waals surface area contributed by atoms with Gasteiger partial charge in [-0.15, -0.1) is 0 Å². The lowest BCUT2D eigenvalue weighted by Crippen LogP contribution is -2.24. The highest BCUT2D eigenvalue weighted by Crippen LogP contribution is 1.76. The first-order valence-corrected chi connectivity index (χ1v) is 2.10. The Balaban J connectivity index is 2.98. The van der Waals surface area contributed by atoms with Crippen LogP contribution in [0.4, 0.5) is 0 Å². The molecule has 0 aromatic carbocycles. The molecule has 0 radical (unpaired) electrons. The molecular weight excluding hydrogens is 94.0 g/mol. The van der Waals surface area contributed by atoms with Gasteiger partial charge in [0.05, 0.1) is 0 Å². The largest absolute Gasteiger partial charge is 0.378 e. The number of rotatable bonds is 3. The minimum atomic E-state index is -0.669. The fraction of sp³-hybridized carbons (Fsp3) is 0.750. The van der Waals surface area contributed by atoms with Crippen molar-refractivity contribution in [3.05, 3.63) is 0 Å². The van der Waals surface area contributed by atoms with Crippen LogP contribution >= 0.6 is 0 Å². The molecule has 0 aromatic heterocycles. The van der Waals surface area contributed by atoms with Crippen molar-refractivity contribution < 1.29 is 9.90 Å². The Labute approximate surface area is 42.3 Å². The van der Waals surface area contributed by atoms with Gasteiger partial charge in [0.25, 0.3) is 0 Å². The Morgan fingerprint density at radius 1 is 2.00 bits per heavy atom. The van der Waals surface area contributed by atoms with E-state index < -0.39 is 6.23 Å². The molecule has 3 heteroatoms. The minimum Gasteiger partial charge on any atom is -0.378 e. The molecule has 0 aliphatic rings. The highest BCUT2D eigenvalue weighted by Gasteiger charge is 1.93. The average Bonchev–Trinajstić information content (AvgIpc) is 1.68. The van der Waals surface area contributed by atoms with E-state index in [9.17, 15) is 4.79 Å². The first-order chi connectivity index (χ1) is 3.31. The molecule has 0 aliphatic heterocycles. The fourth-order valence-corrected chi connectivity index (χ4v) is 0.209. The Kier molecular flexibility index (Phi) is 3.55. The standard InChI is InChI=1S/C4H9NO2/c1-5-4(7)2-3-6/h3-5,7H,2H2,1H3/t4-/m0/s1. The van der Waals surface area contributed by atoms with E-state index in [0.717, 1.165) is 0 Å². The number of hydrogen-bond donors (Lipinski definition) is 2. The van der Waals surface area contributed by atoms with Gasteiger partial charge in [0.2, 0.25) is 0 Å². The molecular formula is C4H9NO2. The van der Waals surface area contributed by atoms with Crippen molar-refractivity contribution in [2.45, 2.75) is 12.6 Å². The highest BCUT2D eigenvalue weighted by atomic mass is 16.3. The lowest BCUT2D eigenvalue weighted by atomic mass is 10.4. The van der Waals surface area contributed by atoms with Crippen molar-refractivity contribution in [3.8, 4) is 0 Å². The number of aliphatic hydroxyl groups is 1. The molecule has 42 valence electrons. The summed E-state index contributed by atoms with van der Waals surface area (Å²) in [5.74, 6) is 0. The van der Waals surface area contributed by atoms with Crippen LogP contribution < -0.4 is 5.32 Å². The molecule has 0 fully saturated rings. The summed E-state index contributed by atoms with van der Waals surface area (Å²) in [5, 5.41) is 11.0. The summed E-state index contributed by atoms with van der Waals surface area (Å²) in [6.45, 7) is 0. The maximum atomic E-state index is 9.57. The van der Waals surface area contributed by atoms with Gasteiger partial charge in [-0.3, -0.25) is 5.32 Å². The van der Waals surface area contributed by atoms with Gasteiger partial charge in [-0.25, -0.2) is 0 Å². The van der Waals surface area contributed by atoms with Crippen LogP contribution in [0.1, 0.15) is 6.42 Å². The maximum absolute atomic E-state index is 9.57. The van der Waals surface area contributed by atoms with Crippen LogP contribution in [-0.2, 0) is 4.79 Å². The van der Waals surface area contributed by atoms with E-state index in [1.54, 1.807) is 7.05 Å². The van der Waals surface area contributed by atoms with E-state index in [-0.39, 0.29) is 6.42 Å². The summed E-state index contributed by atoms with van der Waals surface area (Å²) in [7, 11) is 1.59. The SMILES string of the molecule is CN[C@@H](O)CC=O. The van der Waals surface area contributed by atoms with Crippen LogP contribution in [0, 0.1) is 0 Å². The van der Waals surface area contributed by atoms with Crippen LogP contribution in [0.25, 0.3) is 0 Å². The summed E-state index contributed by atoms with van der Waals surface area (Å²) in [5.41, 5.74) is 0. The molecule has 0 saturated heterocycles. The van der Waals surface area contributed by atoms with Crippen molar-refractivity contribution >= 4 is 6.29 Å². The van der Waals surface area contributed by atoms with E-state index in [0.29, 0.717) is 6.29 Å². The summed E-state index contributed by atoms with van der Waals surface area (Å²) in [4.78, 5) is 9.57. The van der Waals surface area contributed by atoms with Gasteiger partial charge in [0.1, 0.15) is 12.5 Å². The number of aldehydes is 1. The molecule has 3 nitrogen and oxygen atoms in total. The van der Waals surface area contributed by atoms with Crippen LogP contribution in [0.2, 0.25) is 0 Å². The molecule has 2 N–H and O–H groups in total. The molecule has 0 aromatic rings. The van der Waals surface area contributed by atoms with Gasteiger partial charge >= 0.3 is 0 Å². The predicted octanol–water partition coefficient (Wildman–Crippen LogP) is -0.887. The van der Waals surface area contributed by atoms with Gasteiger partial charge in [-0.1, -0.05) is 0 Å². The summed E-state index contributed by atoms with van der Waals surface area (Å²) >= 11 is 0. The fourth-order valence-electron chi connectivity index (χ4n) is 0.209. The second kappa shape index (κ2) is 3.77. The van der Waals surface area contributed by atoms with Crippen molar-refractivity contribution in [2.24, 2.45) is 0 Å². The molecule has 0 spiro atoms. The number of carbonyl (C=O) groups is 1. The average molecular weight is 103 g/mol. The van der Waals surface area contributed by atoms with Crippen molar-refractivity contribution in [2.75, 3.05) is 7.05 Å². The summed E-state index contributed by atoms with van der Waals surface area (Å²) in [6.07, 6.45) is 0.162. The Bertz CT molecular complexity index is 55.7. The number of aliphatic hydroxyl groups excluding tert-OH is 1. The third-order valence-corrected chi connectivity index (χ3v) is 0.653. The van der Waals surface area contributed by atoms with E-state index in [1.165, 1.54) is 0 Å². The molecule has 0 amide bonds. The van der Waals surface area contributed by atoms with Crippen molar-refractivity contribution in [3.63, 3.8) is 0 Å². The number of hydrogen-bond acceptors (Lipinski definition) is 3. The molecule has 0 rings (SSSR count). The van der Waals surface area contributed by atoms with E-state index >= 15 is 0 Å². The van der Waals surface area contributed by atoms with Gasteiger partial charge in [-0.2, -0.15) is 0 Å². The Morgan fingerprint density at radius 2 is 2.57 bits per heavy atom. The first-order valence-electron chi connectivity index (χ1n) is 2.10. The number of carbonyl (C=O) groups excluding carboxylic acids is 1. The predicted molar refractivity (Wildman–Crippen MR) is 25.7 cm³/mol. The molecule has 0 unspecified atom stereocenters.